The zero-order valence-electron chi connectivity index (χ0n) is 16.9. The molecule has 0 atom stereocenters. The number of rotatable bonds is 5. The van der Waals surface area contributed by atoms with Crippen LogP contribution >= 0.6 is 11.3 Å². The molecule has 2 aromatic carbocycles. The molecular weight excluding hydrogens is 425 g/mol. The summed E-state index contributed by atoms with van der Waals surface area (Å²) in [4.78, 5) is 13.0. The molecule has 2 heterocycles. The average Bonchev–Trinajstić information content (AvgIpc) is 3.30. The van der Waals surface area contributed by atoms with Crippen LogP contribution in [0.3, 0.4) is 0 Å². The molecule has 160 valence electrons. The van der Waals surface area contributed by atoms with Gasteiger partial charge in [0.05, 0.1) is 22.6 Å². The summed E-state index contributed by atoms with van der Waals surface area (Å²) in [7, 11) is 0. The number of ether oxygens (including phenoxy) is 1. The number of aromatic nitrogens is 2. The second-order valence-electron chi connectivity index (χ2n) is 7.11. The lowest BCUT2D eigenvalue weighted by atomic mass is 10.1. The van der Waals surface area contributed by atoms with E-state index in [-0.39, 0.29) is 12.3 Å². The number of benzene rings is 2. The SMILES string of the molecule is CCOC(=O)c1nn(-c2cccc3cc(Cc4cccc(C(F)(F)F)c4)sc23)cc1C. The number of halogens is 3. The molecule has 0 saturated heterocycles. The minimum atomic E-state index is -4.36. The van der Waals surface area contributed by atoms with Crippen molar-refractivity contribution in [2.75, 3.05) is 6.61 Å². The standard InChI is InChI=1S/C23H19F3N2O2S/c1-3-30-22(29)20-14(2)13-28(27-20)19-9-5-7-16-12-18(31-21(16)19)11-15-6-4-8-17(10-15)23(24,25)26/h4-10,12-13H,3,11H2,1-2H3. The molecule has 0 aliphatic carbocycles. The lowest BCUT2D eigenvalue weighted by Crippen LogP contribution is -2.07. The van der Waals surface area contributed by atoms with Crippen molar-refractivity contribution in [3.63, 3.8) is 0 Å². The third-order valence-electron chi connectivity index (χ3n) is 4.82. The average molecular weight is 444 g/mol. The van der Waals surface area contributed by atoms with Crippen LogP contribution in [0.15, 0.2) is 54.7 Å². The van der Waals surface area contributed by atoms with Gasteiger partial charge in [0.1, 0.15) is 0 Å². The van der Waals surface area contributed by atoms with E-state index in [0.717, 1.165) is 26.7 Å². The van der Waals surface area contributed by atoms with Crippen molar-refractivity contribution >= 4 is 27.4 Å². The summed E-state index contributed by atoms with van der Waals surface area (Å²) in [5, 5.41) is 5.37. The van der Waals surface area contributed by atoms with Crippen LogP contribution in [0.25, 0.3) is 15.8 Å². The van der Waals surface area contributed by atoms with E-state index < -0.39 is 17.7 Å². The highest BCUT2D eigenvalue weighted by atomic mass is 32.1. The molecule has 0 aliphatic rings. The number of aryl methyl sites for hydroxylation is 1. The third-order valence-corrected chi connectivity index (χ3v) is 5.99. The summed E-state index contributed by atoms with van der Waals surface area (Å²) in [5.74, 6) is -0.470. The van der Waals surface area contributed by atoms with Crippen LogP contribution in [-0.4, -0.2) is 22.4 Å². The highest BCUT2D eigenvalue weighted by molar-refractivity contribution is 7.19. The second-order valence-corrected chi connectivity index (χ2v) is 8.25. The molecule has 0 unspecified atom stereocenters. The zero-order valence-corrected chi connectivity index (χ0v) is 17.7. The number of carbonyl (C=O) groups excluding carboxylic acids is 1. The molecule has 0 N–H and O–H groups in total. The smallest absolute Gasteiger partial charge is 0.416 e. The van der Waals surface area contributed by atoms with E-state index >= 15 is 0 Å². The second kappa shape index (κ2) is 8.19. The Labute approximate surface area is 180 Å². The van der Waals surface area contributed by atoms with E-state index in [2.05, 4.69) is 5.10 Å². The van der Waals surface area contributed by atoms with Crippen LogP contribution in [-0.2, 0) is 17.3 Å². The molecule has 0 bridgehead atoms. The summed E-state index contributed by atoms with van der Waals surface area (Å²) in [6.07, 6.45) is -2.19. The largest absolute Gasteiger partial charge is 0.461 e. The zero-order chi connectivity index (χ0) is 22.2. The first-order valence-corrected chi connectivity index (χ1v) is 10.5. The summed E-state index contributed by atoms with van der Waals surface area (Å²) >= 11 is 1.50. The number of esters is 1. The Morgan fingerprint density at radius 1 is 1.16 bits per heavy atom. The van der Waals surface area contributed by atoms with Crippen LogP contribution in [0.4, 0.5) is 13.2 Å². The predicted molar refractivity (Wildman–Crippen MR) is 114 cm³/mol. The number of nitrogens with zero attached hydrogens (tertiary/aromatic N) is 2. The Kier molecular flexibility index (Phi) is 5.58. The van der Waals surface area contributed by atoms with Crippen molar-refractivity contribution in [3.05, 3.63) is 82.0 Å². The van der Waals surface area contributed by atoms with Gasteiger partial charge in [-0.15, -0.1) is 11.3 Å². The van der Waals surface area contributed by atoms with E-state index in [1.807, 2.05) is 24.3 Å². The third kappa shape index (κ3) is 4.34. The van der Waals surface area contributed by atoms with Crippen molar-refractivity contribution in [2.24, 2.45) is 0 Å². The maximum Gasteiger partial charge on any atom is 0.416 e. The Bertz CT molecular complexity index is 1260. The quantitative estimate of drug-likeness (QED) is 0.345. The van der Waals surface area contributed by atoms with Gasteiger partial charge in [-0.25, -0.2) is 9.48 Å². The molecule has 4 nitrogen and oxygen atoms in total. The predicted octanol–water partition coefficient (Wildman–Crippen LogP) is 6.18. The van der Waals surface area contributed by atoms with Crippen LogP contribution in [0.2, 0.25) is 0 Å². The first-order chi connectivity index (χ1) is 14.8. The molecular formula is C23H19F3N2O2S. The van der Waals surface area contributed by atoms with Gasteiger partial charge in [-0.2, -0.15) is 18.3 Å². The molecule has 0 fully saturated rings. The van der Waals surface area contributed by atoms with Crippen LogP contribution in [0.1, 0.15) is 39.0 Å². The summed E-state index contributed by atoms with van der Waals surface area (Å²) < 4.78 is 46.7. The molecule has 0 amide bonds. The maximum atomic E-state index is 13.0. The molecule has 31 heavy (non-hydrogen) atoms. The first kappa shape index (κ1) is 21.1. The normalized spacial score (nSPS) is 11.8. The van der Waals surface area contributed by atoms with Crippen molar-refractivity contribution in [3.8, 4) is 5.69 Å². The molecule has 8 heteroatoms. The maximum absolute atomic E-state index is 13.0. The minimum absolute atomic E-state index is 0.264. The summed E-state index contributed by atoms with van der Waals surface area (Å²) in [6, 6.07) is 13.1. The molecule has 0 radical (unpaired) electrons. The number of carbonyl (C=O) groups is 1. The molecule has 0 spiro atoms. The fourth-order valence-electron chi connectivity index (χ4n) is 3.41. The molecule has 4 aromatic rings. The highest BCUT2D eigenvalue weighted by Gasteiger charge is 2.30. The fourth-order valence-corrected chi connectivity index (χ4v) is 4.61. The van der Waals surface area contributed by atoms with Gasteiger partial charge in [-0.1, -0.05) is 30.3 Å². The Morgan fingerprint density at radius 2 is 1.94 bits per heavy atom. The fraction of sp³-hybridized carbons (Fsp3) is 0.217. The Morgan fingerprint density at radius 3 is 2.68 bits per heavy atom. The van der Waals surface area contributed by atoms with E-state index in [1.54, 1.807) is 30.8 Å². The lowest BCUT2D eigenvalue weighted by Gasteiger charge is -2.08. The minimum Gasteiger partial charge on any atom is -0.461 e. The van der Waals surface area contributed by atoms with E-state index in [4.69, 9.17) is 4.74 Å². The number of hydrogen-bond donors (Lipinski definition) is 0. The van der Waals surface area contributed by atoms with Gasteiger partial charge in [0.25, 0.3) is 0 Å². The van der Waals surface area contributed by atoms with Gasteiger partial charge in [0.2, 0.25) is 0 Å². The Hall–Kier alpha value is -3.13. The van der Waals surface area contributed by atoms with Crippen LogP contribution in [0, 0.1) is 6.92 Å². The topological polar surface area (TPSA) is 44.1 Å². The van der Waals surface area contributed by atoms with Crippen molar-refractivity contribution < 1.29 is 22.7 Å². The lowest BCUT2D eigenvalue weighted by molar-refractivity contribution is -0.137. The van der Waals surface area contributed by atoms with Gasteiger partial charge in [-0.05, 0) is 43.0 Å². The van der Waals surface area contributed by atoms with Gasteiger partial charge in [-0.3, -0.25) is 0 Å². The van der Waals surface area contributed by atoms with E-state index in [1.165, 1.54) is 23.5 Å². The monoisotopic (exact) mass is 444 g/mol. The number of fused-ring (bicyclic) bond motifs is 1. The number of hydrogen-bond acceptors (Lipinski definition) is 4. The van der Waals surface area contributed by atoms with Gasteiger partial charge in [0, 0.05) is 23.1 Å². The molecule has 2 aromatic heterocycles. The van der Waals surface area contributed by atoms with Crippen LogP contribution in [0.5, 0.6) is 0 Å². The van der Waals surface area contributed by atoms with Crippen LogP contribution < -0.4 is 0 Å². The van der Waals surface area contributed by atoms with Crippen molar-refractivity contribution in [1.29, 1.82) is 0 Å². The van der Waals surface area contributed by atoms with E-state index in [9.17, 15) is 18.0 Å². The highest BCUT2D eigenvalue weighted by Crippen LogP contribution is 2.34. The van der Waals surface area contributed by atoms with Gasteiger partial charge in [0.15, 0.2) is 5.69 Å². The van der Waals surface area contributed by atoms with E-state index in [0.29, 0.717) is 17.5 Å². The summed E-state index contributed by atoms with van der Waals surface area (Å²) in [6.45, 7) is 3.80. The molecule has 4 rings (SSSR count). The number of alkyl halides is 3. The van der Waals surface area contributed by atoms with Gasteiger partial charge >= 0.3 is 12.1 Å². The summed E-state index contributed by atoms with van der Waals surface area (Å²) in [5.41, 5.74) is 1.72. The molecule has 0 saturated carbocycles. The first-order valence-electron chi connectivity index (χ1n) is 9.67. The molecule has 0 aliphatic heterocycles. The van der Waals surface area contributed by atoms with Crippen molar-refractivity contribution in [1.82, 2.24) is 9.78 Å². The van der Waals surface area contributed by atoms with Gasteiger partial charge < -0.3 is 4.74 Å². The number of thiophene rings is 1. The Balaban J connectivity index is 1.69. The van der Waals surface area contributed by atoms with Crippen molar-refractivity contribution in [2.45, 2.75) is 26.4 Å².